The molecule has 7 nitrogen and oxygen atoms in total. The molecule has 0 atom stereocenters. The van der Waals surface area contributed by atoms with E-state index in [-0.39, 0.29) is 22.9 Å². The van der Waals surface area contributed by atoms with Crippen molar-refractivity contribution in [2.24, 2.45) is 5.73 Å². The molecule has 4 rings (SSSR count). The van der Waals surface area contributed by atoms with Crippen LogP contribution >= 0.6 is 23.4 Å². The molecular weight excluding hydrogens is 467 g/mol. The highest BCUT2D eigenvalue weighted by Gasteiger charge is 2.19. The molecule has 0 radical (unpaired) electrons. The Kier molecular flexibility index (Phi) is 7.20. The zero-order chi connectivity index (χ0) is 23.4. The number of methoxy groups -OCH3 is 1. The lowest BCUT2D eigenvalue weighted by Crippen LogP contribution is -2.20. The molecule has 1 saturated heterocycles. The number of hydrogen-bond acceptors (Lipinski definition) is 7. The number of aromatic nitrogens is 2. The van der Waals surface area contributed by atoms with Crippen LogP contribution in [0, 0.1) is 5.82 Å². The molecular formula is C23H22ClFN4O3S. The molecule has 1 aliphatic rings. The summed E-state index contributed by atoms with van der Waals surface area (Å²) in [6.07, 6.45) is 3.90. The van der Waals surface area contributed by atoms with E-state index in [0.29, 0.717) is 16.7 Å². The Morgan fingerprint density at radius 3 is 2.73 bits per heavy atom. The standard InChI is InChI=1S/C23H22ClFN4O3S/c1-31-19-10-14(4-7-18(19)25)13-32-22-20(12-27-23(28-22)29-8-2-3-9-29)33-15-5-6-16(21(26)30)17(24)11-15/h4-7,10-12H,2-3,8-9,13H2,1H3,(H2,26,30). The van der Waals surface area contributed by atoms with Gasteiger partial charge in [-0.15, -0.1) is 0 Å². The van der Waals surface area contributed by atoms with Crippen LogP contribution in [0.4, 0.5) is 10.3 Å². The van der Waals surface area contributed by atoms with E-state index in [1.54, 1.807) is 36.5 Å². The van der Waals surface area contributed by atoms with Crippen molar-refractivity contribution in [1.29, 1.82) is 0 Å². The summed E-state index contributed by atoms with van der Waals surface area (Å²) in [5.74, 6) is 0.122. The van der Waals surface area contributed by atoms with Gasteiger partial charge in [0, 0.05) is 18.0 Å². The largest absolute Gasteiger partial charge is 0.494 e. The van der Waals surface area contributed by atoms with Crippen molar-refractivity contribution in [3.8, 4) is 11.6 Å². The van der Waals surface area contributed by atoms with Crippen molar-refractivity contribution in [2.75, 3.05) is 25.1 Å². The number of halogens is 2. The van der Waals surface area contributed by atoms with E-state index in [1.807, 2.05) is 0 Å². The summed E-state index contributed by atoms with van der Waals surface area (Å²) in [7, 11) is 1.42. The van der Waals surface area contributed by atoms with Gasteiger partial charge in [-0.2, -0.15) is 4.98 Å². The van der Waals surface area contributed by atoms with E-state index < -0.39 is 11.7 Å². The van der Waals surface area contributed by atoms with Crippen molar-refractivity contribution in [2.45, 2.75) is 29.2 Å². The second-order valence-corrected chi connectivity index (χ2v) is 8.92. The van der Waals surface area contributed by atoms with Crippen LogP contribution in [0.5, 0.6) is 11.6 Å². The third-order valence-corrected chi connectivity index (χ3v) is 6.43. The molecule has 0 saturated carbocycles. The molecule has 1 aromatic heterocycles. The lowest BCUT2D eigenvalue weighted by molar-refractivity contribution is 0.100. The van der Waals surface area contributed by atoms with Gasteiger partial charge in [0.1, 0.15) is 6.61 Å². The average molecular weight is 489 g/mol. The summed E-state index contributed by atoms with van der Waals surface area (Å²) in [5, 5.41) is 0.267. The van der Waals surface area contributed by atoms with Crippen LogP contribution in [0.1, 0.15) is 28.8 Å². The Morgan fingerprint density at radius 2 is 2.03 bits per heavy atom. The monoisotopic (exact) mass is 488 g/mol. The highest BCUT2D eigenvalue weighted by molar-refractivity contribution is 7.99. The van der Waals surface area contributed by atoms with Gasteiger partial charge in [0.2, 0.25) is 17.7 Å². The van der Waals surface area contributed by atoms with E-state index in [4.69, 9.17) is 26.8 Å². The van der Waals surface area contributed by atoms with Crippen LogP contribution in [-0.4, -0.2) is 36.1 Å². The third-order valence-electron chi connectivity index (χ3n) is 5.12. The van der Waals surface area contributed by atoms with Crippen LogP contribution in [0.2, 0.25) is 5.02 Å². The summed E-state index contributed by atoms with van der Waals surface area (Å²) in [6.45, 7) is 1.96. The number of carbonyl (C=O) groups is 1. The SMILES string of the molecule is COc1cc(COc2nc(N3CCCC3)ncc2Sc2ccc(C(N)=O)c(Cl)c2)ccc1F. The Hall–Kier alpha value is -3.04. The van der Waals surface area contributed by atoms with Crippen LogP contribution < -0.4 is 20.1 Å². The maximum Gasteiger partial charge on any atom is 0.250 e. The molecule has 2 heterocycles. The number of hydrogen-bond donors (Lipinski definition) is 1. The molecule has 0 spiro atoms. The Morgan fingerprint density at radius 1 is 1.24 bits per heavy atom. The maximum absolute atomic E-state index is 13.7. The predicted octanol–water partition coefficient (Wildman–Crippen LogP) is 4.71. The van der Waals surface area contributed by atoms with E-state index in [1.165, 1.54) is 24.9 Å². The topological polar surface area (TPSA) is 90.6 Å². The number of anilines is 1. The first-order valence-electron chi connectivity index (χ1n) is 10.3. The van der Waals surface area contributed by atoms with Crippen molar-refractivity contribution in [1.82, 2.24) is 9.97 Å². The number of rotatable bonds is 8. The highest BCUT2D eigenvalue weighted by Crippen LogP contribution is 2.36. The predicted molar refractivity (Wildman–Crippen MR) is 125 cm³/mol. The maximum atomic E-state index is 13.7. The first-order valence-corrected chi connectivity index (χ1v) is 11.5. The first-order chi connectivity index (χ1) is 15.9. The lowest BCUT2D eigenvalue weighted by atomic mass is 10.2. The smallest absolute Gasteiger partial charge is 0.250 e. The van der Waals surface area contributed by atoms with Crippen LogP contribution in [0.3, 0.4) is 0 Å². The molecule has 0 aliphatic carbocycles. The van der Waals surface area contributed by atoms with Gasteiger partial charge in [0.25, 0.3) is 0 Å². The number of carbonyl (C=O) groups excluding carboxylic acids is 1. The van der Waals surface area contributed by atoms with Crippen molar-refractivity contribution >= 4 is 35.2 Å². The van der Waals surface area contributed by atoms with Gasteiger partial charge in [-0.05, 0) is 48.7 Å². The second kappa shape index (κ2) is 10.3. The Bertz CT molecular complexity index is 1170. The normalized spacial score (nSPS) is 13.2. The summed E-state index contributed by atoms with van der Waals surface area (Å²) in [6, 6.07) is 9.56. The van der Waals surface area contributed by atoms with Gasteiger partial charge in [-0.3, -0.25) is 4.79 Å². The van der Waals surface area contributed by atoms with E-state index in [9.17, 15) is 9.18 Å². The van der Waals surface area contributed by atoms with Crippen LogP contribution in [-0.2, 0) is 6.61 Å². The molecule has 172 valence electrons. The van der Waals surface area contributed by atoms with Gasteiger partial charge in [0.15, 0.2) is 11.6 Å². The molecule has 33 heavy (non-hydrogen) atoms. The minimum Gasteiger partial charge on any atom is -0.494 e. The first kappa shape index (κ1) is 23.1. The van der Waals surface area contributed by atoms with E-state index >= 15 is 0 Å². The molecule has 1 amide bonds. The number of nitrogens with zero attached hydrogens (tertiary/aromatic N) is 3. The minimum atomic E-state index is -0.589. The molecule has 10 heteroatoms. The van der Waals surface area contributed by atoms with E-state index in [2.05, 4.69) is 14.9 Å². The van der Waals surface area contributed by atoms with Gasteiger partial charge in [-0.1, -0.05) is 29.4 Å². The molecule has 0 unspecified atom stereocenters. The van der Waals surface area contributed by atoms with Gasteiger partial charge in [-0.25, -0.2) is 9.37 Å². The quantitative estimate of drug-likeness (QED) is 0.491. The zero-order valence-corrected chi connectivity index (χ0v) is 19.5. The number of primary amides is 1. The number of benzene rings is 2. The molecule has 3 aromatic rings. The molecule has 0 bridgehead atoms. The second-order valence-electron chi connectivity index (χ2n) is 7.40. The van der Waals surface area contributed by atoms with Crippen LogP contribution in [0.25, 0.3) is 0 Å². The molecule has 2 N–H and O–H groups in total. The van der Waals surface area contributed by atoms with Crippen LogP contribution in [0.15, 0.2) is 52.4 Å². The Balaban J connectivity index is 1.60. The number of ether oxygens (including phenoxy) is 2. The molecule has 1 aliphatic heterocycles. The number of amides is 1. The van der Waals surface area contributed by atoms with Gasteiger partial charge >= 0.3 is 0 Å². The minimum absolute atomic E-state index is 0.148. The summed E-state index contributed by atoms with van der Waals surface area (Å²) < 4.78 is 24.8. The summed E-state index contributed by atoms with van der Waals surface area (Å²) in [4.78, 5) is 24.2. The zero-order valence-electron chi connectivity index (χ0n) is 17.9. The van der Waals surface area contributed by atoms with Crippen molar-refractivity contribution in [3.05, 3.63) is 64.6 Å². The average Bonchev–Trinajstić information content (AvgIpc) is 3.34. The highest BCUT2D eigenvalue weighted by atomic mass is 35.5. The molecule has 1 fully saturated rings. The summed E-state index contributed by atoms with van der Waals surface area (Å²) in [5.41, 5.74) is 6.32. The Labute approximate surface area is 200 Å². The molecule has 2 aromatic carbocycles. The fraction of sp³-hybridized carbons (Fsp3) is 0.261. The fourth-order valence-corrected chi connectivity index (χ4v) is 4.62. The van der Waals surface area contributed by atoms with Gasteiger partial charge in [0.05, 0.1) is 28.8 Å². The lowest BCUT2D eigenvalue weighted by Gasteiger charge is -2.17. The van der Waals surface area contributed by atoms with Crippen molar-refractivity contribution < 1.29 is 18.7 Å². The van der Waals surface area contributed by atoms with Crippen molar-refractivity contribution in [3.63, 3.8) is 0 Å². The fourth-order valence-electron chi connectivity index (χ4n) is 3.42. The van der Waals surface area contributed by atoms with Gasteiger partial charge < -0.3 is 20.1 Å². The summed E-state index contributed by atoms with van der Waals surface area (Å²) >= 11 is 7.55. The third kappa shape index (κ3) is 5.48. The number of nitrogens with two attached hydrogens (primary N) is 1. The van der Waals surface area contributed by atoms with E-state index in [0.717, 1.165) is 36.4 Å².